The van der Waals surface area contributed by atoms with Crippen LogP contribution in [0.15, 0.2) is 52.2 Å². The van der Waals surface area contributed by atoms with Crippen molar-refractivity contribution < 1.29 is 18.7 Å². The molecule has 0 spiro atoms. The molecule has 1 saturated heterocycles. The highest BCUT2D eigenvalue weighted by Gasteiger charge is 2.33. The Labute approximate surface area is 246 Å². The minimum Gasteiger partial charge on any atom is -0.454 e. The topological polar surface area (TPSA) is 96.6 Å². The van der Waals surface area contributed by atoms with Crippen molar-refractivity contribution in [2.45, 2.75) is 46.3 Å². The predicted molar refractivity (Wildman–Crippen MR) is 160 cm³/mol. The monoisotopic (exact) mass is 590 g/mol. The number of halogens is 1. The summed E-state index contributed by atoms with van der Waals surface area (Å²) < 4.78 is 26.3. The number of unbranched alkanes of at least 4 members (excludes halogenated alkanes) is 1. The standard InChI is InChI=1S/C30H27FN4O4S2/c1-3-4-11-34-27(33-15-19-5-8-21(31)9-6-19)22(18(2)23(14-32)28(34)36)13-26-29(37)35(30(40)41-26)16-20-7-10-24-25(12-20)39-17-38-24/h5-10,12-13,33H,3-4,11,15-17H2,1-2H3/b26-13+. The Bertz CT molecular complexity index is 1660. The van der Waals surface area contributed by atoms with Gasteiger partial charge in [0.2, 0.25) is 6.79 Å². The van der Waals surface area contributed by atoms with Crippen molar-refractivity contribution in [2.24, 2.45) is 0 Å². The molecule has 2 aromatic carbocycles. The number of nitriles is 1. The van der Waals surface area contributed by atoms with E-state index in [1.807, 2.05) is 19.1 Å². The summed E-state index contributed by atoms with van der Waals surface area (Å²) in [4.78, 5) is 28.8. The van der Waals surface area contributed by atoms with Gasteiger partial charge in [-0.2, -0.15) is 5.26 Å². The Kier molecular flexibility index (Phi) is 8.42. The number of carbonyl (C=O) groups excluding carboxylic acids is 1. The first-order valence-corrected chi connectivity index (χ1v) is 14.3. The normalized spacial score (nSPS) is 15.1. The molecule has 8 nitrogen and oxygen atoms in total. The fourth-order valence-corrected chi connectivity index (χ4v) is 5.90. The maximum atomic E-state index is 13.6. The van der Waals surface area contributed by atoms with Crippen LogP contribution in [0.3, 0.4) is 0 Å². The summed E-state index contributed by atoms with van der Waals surface area (Å²) in [5.74, 6) is 1.15. The van der Waals surface area contributed by atoms with Crippen LogP contribution in [0.2, 0.25) is 0 Å². The molecule has 1 aromatic heterocycles. The Balaban J connectivity index is 1.52. The molecule has 1 N–H and O–H groups in total. The van der Waals surface area contributed by atoms with Gasteiger partial charge in [0.1, 0.15) is 27.6 Å². The van der Waals surface area contributed by atoms with Crippen LogP contribution in [-0.2, 0) is 24.4 Å². The third kappa shape index (κ3) is 5.85. The molecule has 3 aromatic rings. The van der Waals surface area contributed by atoms with E-state index >= 15 is 0 Å². The Hall–Kier alpha value is -4.14. The van der Waals surface area contributed by atoms with Crippen molar-refractivity contribution >= 4 is 46.1 Å². The summed E-state index contributed by atoms with van der Waals surface area (Å²) in [5.41, 5.74) is 2.30. The van der Waals surface area contributed by atoms with Gasteiger partial charge in [-0.3, -0.25) is 19.1 Å². The van der Waals surface area contributed by atoms with Gasteiger partial charge in [-0.05, 0) is 60.4 Å². The average molecular weight is 591 g/mol. The van der Waals surface area contributed by atoms with E-state index < -0.39 is 5.56 Å². The van der Waals surface area contributed by atoms with E-state index in [4.69, 9.17) is 21.7 Å². The number of amides is 1. The van der Waals surface area contributed by atoms with Crippen molar-refractivity contribution in [3.05, 3.63) is 91.4 Å². The first-order chi connectivity index (χ1) is 19.8. The zero-order chi connectivity index (χ0) is 29.1. The summed E-state index contributed by atoms with van der Waals surface area (Å²) >= 11 is 6.74. The molecule has 3 heterocycles. The van der Waals surface area contributed by atoms with Crippen molar-refractivity contribution in [3.8, 4) is 17.6 Å². The summed E-state index contributed by atoms with van der Waals surface area (Å²) in [7, 11) is 0. The van der Waals surface area contributed by atoms with Gasteiger partial charge >= 0.3 is 0 Å². The number of benzene rings is 2. The average Bonchev–Trinajstić information content (AvgIpc) is 3.53. The van der Waals surface area contributed by atoms with Gasteiger partial charge < -0.3 is 14.8 Å². The molecule has 5 rings (SSSR count). The fraction of sp³-hybridized carbons (Fsp3) is 0.267. The largest absolute Gasteiger partial charge is 0.454 e. The lowest BCUT2D eigenvalue weighted by molar-refractivity contribution is -0.122. The zero-order valence-corrected chi connectivity index (χ0v) is 24.2. The van der Waals surface area contributed by atoms with Crippen molar-refractivity contribution in [1.29, 1.82) is 5.26 Å². The third-order valence-electron chi connectivity index (χ3n) is 6.91. The molecule has 1 amide bonds. The lowest BCUT2D eigenvalue weighted by atomic mass is 10.0. The van der Waals surface area contributed by atoms with Gasteiger partial charge in [0.15, 0.2) is 11.5 Å². The second-order valence-corrected chi connectivity index (χ2v) is 11.3. The molecular formula is C30H27FN4O4S2. The lowest BCUT2D eigenvalue weighted by Gasteiger charge is -2.20. The number of nitrogens with zero attached hydrogens (tertiary/aromatic N) is 3. The van der Waals surface area contributed by atoms with E-state index in [0.717, 1.165) is 24.0 Å². The first kappa shape index (κ1) is 28.4. The number of pyridine rings is 1. The van der Waals surface area contributed by atoms with Crippen molar-refractivity contribution in [1.82, 2.24) is 9.47 Å². The van der Waals surface area contributed by atoms with E-state index in [9.17, 15) is 19.2 Å². The summed E-state index contributed by atoms with van der Waals surface area (Å²) in [6.07, 6.45) is 3.26. The van der Waals surface area contributed by atoms with Crippen LogP contribution in [0.5, 0.6) is 11.5 Å². The van der Waals surface area contributed by atoms with E-state index in [-0.39, 0.29) is 30.6 Å². The van der Waals surface area contributed by atoms with Crippen molar-refractivity contribution in [3.63, 3.8) is 0 Å². The zero-order valence-electron chi connectivity index (χ0n) is 22.5. The SMILES string of the molecule is CCCCn1c(NCc2ccc(F)cc2)c(/C=C2/SC(=S)N(Cc3ccc4c(c3)OCO4)C2=O)c(C)c(C#N)c1=O. The fourth-order valence-electron chi connectivity index (χ4n) is 4.66. The number of ether oxygens (including phenoxy) is 2. The molecule has 2 aliphatic rings. The molecule has 0 radical (unpaired) electrons. The molecule has 2 aliphatic heterocycles. The molecule has 0 saturated carbocycles. The molecule has 0 unspecified atom stereocenters. The van der Waals surface area contributed by atoms with Gasteiger partial charge in [0.05, 0.1) is 11.4 Å². The van der Waals surface area contributed by atoms with E-state index in [1.165, 1.54) is 28.8 Å². The number of rotatable bonds is 9. The maximum absolute atomic E-state index is 13.6. The second kappa shape index (κ2) is 12.2. The molecule has 11 heteroatoms. The van der Waals surface area contributed by atoms with Crippen LogP contribution < -0.4 is 20.3 Å². The summed E-state index contributed by atoms with van der Waals surface area (Å²) in [6, 6.07) is 13.6. The van der Waals surface area contributed by atoms with E-state index in [0.29, 0.717) is 50.8 Å². The number of carbonyl (C=O) groups is 1. The van der Waals surface area contributed by atoms with E-state index in [1.54, 1.807) is 35.8 Å². The lowest BCUT2D eigenvalue weighted by Crippen LogP contribution is -2.28. The minimum atomic E-state index is -0.396. The number of hydrogen-bond donors (Lipinski definition) is 1. The number of aromatic nitrogens is 1. The maximum Gasteiger partial charge on any atom is 0.270 e. The number of thiocarbonyl (C=S) groups is 1. The van der Waals surface area contributed by atoms with Crippen LogP contribution in [0.25, 0.3) is 6.08 Å². The Morgan fingerprint density at radius 1 is 1.15 bits per heavy atom. The number of anilines is 1. The van der Waals surface area contributed by atoms with Gasteiger partial charge in [-0.15, -0.1) is 0 Å². The second-order valence-electron chi connectivity index (χ2n) is 9.62. The Morgan fingerprint density at radius 2 is 1.88 bits per heavy atom. The van der Waals surface area contributed by atoms with Crippen LogP contribution in [-0.4, -0.2) is 26.5 Å². The van der Waals surface area contributed by atoms with Gasteiger partial charge in [-0.25, -0.2) is 4.39 Å². The minimum absolute atomic E-state index is 0.0236. The molecule has 41 heavy (non-hydrogen) atoms. The number of nitrogens with one attached hydrogen (secondary N) is 1. The number of hydrogen-bond acceptors (Lipinski definition) is 8. The van der Waals surface area contributed by atoms with Gasteiger partial charge in [-0.1, -0.05) is 55.5 Å². The smallest absolute Gasteiger partial charge is 0.270 e. The molecular weight excluding hydrogens is 563 g/mol. The number of fused-ring (bicyclic) bond motifs is 1. The highest BCUT2D eigenvalue weighted by atomic mass is 32.2. The predicted octanol–water partition coefficient (Wildman–Crippen LogP) is 5.71. The molecule has 1 fully saturated rings. The van der Waals surface area contributed by atoms with Gasteiger partial charge in [0, 0.05) is 18.7 Å². The number of thioether (sulfide) groups is 1. The summed E-state index contributed by atoms with van der Waals surface area (Å²) in [6.45, 7) is 4.83. The highest BCUT2D eigenvalue weighted by Crippen LogP contribution is 2.38. The van der Waals surface area contributed by atoms with Crippen LogP contribution in [0.1, 0.15) is 47.6 Å². The molecule has 0 atom stereocenters. The van der Waals surface area contributed by atoms with E-state index in [2.05, 4.69) is 11.4 Å². The molecule has 0 bridgehead atoms. The summed E-state index contributed by atoms with van der Waals surface area (Å²) in [5, 5.41) is 13.2. The Morgan fingerprint density at radius 3 is 2.61 bits per heavy atom. The van der Waals surface area contributed by atoms with Crippen LogP contribution in [0.4, 0.5) is 10.2 Å². The quantitative estimate of drug-likeness (QED) is 0.250. The van der Waals surface area contributed by atoms with Gasteiger partial charge in [0.25, 0.3) is 11.5 Å². The van der Waals surface area contributed by atoms with Crippen LogP contribution >= 0.6 is 24.0 Å². The first-order valence-electron chi connectivity index (χ1n) is 13.1. The highest BCUT2D eigenvalue weighted by molar-refractivity contribution is 8.26. The third-order valence-corrected chi connectivity index (χ3v) is 8.29. The van der Waals surface area contributed by atoms with Crippen molar-refractivity contribution in [2.75, 3.05) is 12.1 Å². The van der Waals surface area contributed by atoms with Crippen LogP contribution in [0, 0.1) is 24.1 Å². The molecule has 0 aliphatic carbocycles. The molecule has 210 valence electrons.